The lowest BCUT2D eigenvalue weighted by Crippen LogP contribution is -2.32. The molecule has 1 amide bonds. The van der Waals surface area contributed by atoms with Crippen LogP contribution in [0.15, 0.2) is 77.6 Å². The zero-order valence-electron chi connectivity index (χ0n) is 18.0. The van der Waals surface area contributed by atoms with Crippen molar-refractivity contribution in [3.05, 3.63) is 100.0 Å². The van der Waals surface area contributed by atoms with Crippen molar-refractivity contribution < 1.29 is 14.3 Å². The molecule has 7 nitrogen and oxygen atoms in total. The Kier molecular flexibility index (Phi) is 5.89. The second-order valence-corrected chi connectivity index (χ2v) is 7.28. The zero-order chi connectivity index (χ0) is 22.7. The largest absolute Gasteiger partial charge is 0.497 e. The van der Waals surface area contributed by atoms with Crippen molar-refractivity contribution in [1.29, 1.82) is 0 Å². The minimum atomic E-state index is -0.447. The summed E-state index contributed by atoms with van der Waals surface area (Å²) in [7, 11) is 4.75. The molecule has 3 aromatic carbocycles. The van der Waals surface area contributed by atoms with Crippen LogP contribution in [0.5, 0.6) is 11.5 Å². The summed E-state index contributed by atoms with van der Waals surface area (Å²) in [6.07, 6.45) is 0. The first kappa shape index (κ1) is 21.1. The Hall–Kier alpha value is -4.13. The molecule has 32 heavy (non-hydrogen) atoms. The first-order valence-corrected chi connectivity index (χ1v) is 10.1. The third-order valence-electron chi connectivity index (χ3n) is 5.35. The lowest BCUT2D eigenvalue weighted by Gasteiger charge is -2.21. The quantitative estimate of drug-likeness (QED) is 0.508. The molecule has 4 rings (SSSR count). The van der Waals surface area contributed by atoms with E-state index in [0.29, 0.717) is 10.8 Å². The monoisotopic (exact) mass is 429 g/mol. The molecule has 0 aliphatic carbocycles. The van der Waals surface area contributed by atoms with Crippen molar-refractivity contribution in [1.82, 2.24) is 15.1 Å². The van der Waals surface area contributed by atoms with Crippen LogP contribution in [0, 0.1) is 0 Å². The predicted octanol–water partition coefficient (Wildman–Crippen LogP) is 3.47. The molecular formula is C25H23N3O4. The van der Waals surface area contributed by atoms with Crippen LogP contribution < -0.4 is 20.3 Å². The number of fused-ring (bicyclic) bond motifs is 1. The Bertz CT molecular complexity index is 1260. The number of methoxy groups -OCH3 is 2. The van der Waals surface area contributed by atoms with Crippen LogP contribution in [-0.2, 0) is 7.05 Å². The van der Waals surface area contributed by atoms with Crippen molar-refractivity contribution >= 4 is 16.7 Å². The summed E-state index contributed by atoms with van der Waals surface area (Å²) in [5, 5.41) is 8.28. The van der Waals surface area contributed by atoms with Gasteiger partial charge in [-0.2, -0.15) is 5.10 Å². The van der Waals surface area contributed by atoms with Crippen molar-refractivity contribution in [3.8, 4) is 11.5 Å². The minimum absolute atomic E-state index is 0.190. The van der Waals surface area contributed by atoms with Gasteiger partial charge in [0.2, 0.25) is 0 Å². The molecule has 1 aromatic heterocycles. The molecule has 0 saturated heterocycles. The molecule has 0 spiro atoms. The Balaban J connectivity index is 1.77. The van der Waals surface area contributed by atoms with Gasteiger partial charge in [-0.1, -0.05) is 42.5 Å². The smallest absolute Gasteiger partial charge is 0.274 e. The van der Waals surface area contributed by atoms with E-state index in [0.717, 1.165) is 22.6 Å². The molecule has 0 saturated carbocycles. The van der Waals surface area contributed by atoms with Crippen LogP contribution in [0.4, 0.5) is 0 Å². The van der Waals surface area contributed by atoms with E-state index in [1.807, 2.05) is 48.5 Å². The predicted molar refractivity (Wildman–Crippen MR) is 122 cm³/mol. The number of aryl methyl sites for hydroxylation is 1. The van der Waals surface area contributed by atoms with Gasteiger partial charge in [-0.3, -0.25) is 9.59 Å². The standard InChI is InChI=1S/C25H23N3O4/c1-28-25(30)21-7-5-4-6-20(21)23(27-28)24(29)26-22(16-8-12-18(31-2)13-9-16)17-10-14-19(32-3)15-11-17/h4-15,22H,1-3H3,(H,26,29). The Labute approximate surface area is 185 Å². The normalized spacial score (nSPS) is 10.9. The van der Waals surface area contributed by atoms with E-state index in [-0.39, 0.29) is 17.2 Å². The topological polar surface area (TPSA) is 82.5 Å². The van der Waals surface area contributed by atoms with Crippen molar-refractivity contribution in [3.63, 3.8) is 0 Å². The van der Waals surface area contributed by atoms with Gasteiger partial charge >= 0.3 is 0 Å². The lowest BCUT2D eigenvalue weighted by molar-refractivity contribution is 0.0937. The zero-order valence-corrected chi connectivity index (χ0v) is 18.0. The average molecular weight is 429 g/mol. The van der Waals surface area contributed by atoms with E-state index < -0.39 is 6.04 Å². The van der Waals surface area contributed by atoms with Crippen LogP contribution in [-0.4, -0.2) is 29.9 Å². The molecule has 0 unspecified atom stereocenters. The summed E-state index contributed by atoms with van der Waals surface area (Å²) in [4.78, 5) is 25.8. The summed E-state index contributed by atoms with van der Waals surface area (Å²) < 4.78 is 11.7. The van der Waals surface area contributed by atoms with Gasteiger partial charge in [-0.05, 0) is 41.5 Å². The minimum Gasteiger partial charge on any atom is -0.497 e. The first-order chi connectivity index (χ1) is 15.5. The fraction of sp³-hybridized carbons (Fsp3) is 0.160. The highest BCUT2D eigenvalue weighted by molar-refractivity contribution is 6.05. The molecule has 0 fully saturated rings. The molecule has 7 heteroatoms. The summed E-state index contributed by atoms with van der Waals surface area (Å²) in [5.41, 5.74) is 1.69. The molecular weight excluding hydrogens is 406 g/mol. The number of amides is 1. The van der Waals surface area contributed by atoms with E-state index in [4.69, 9.17) is 9.47 Å². The lowest BCUT2D eigenvalue weighted by atomic mass is 9.98. The van der Waals surface area contributed by atoms with Crippen LogP contribution in [0.25, 0.3) is 10.8 Å². The van der Waals surface area contributed by atoms with Gasteiger partial charge in [0.25, 0.3) is 11.5 Å². The molecule has 4 aromatic rings. The van der Waals surface area contributed by atoms with Crippen LogP contribution in [0.3, 0.4) is 0 Å². The number of carbonyl (C=O) groups excluding carboxylic acids is 1. The van der Waals surface area contributed by atoms with Gasteiger partial charge in [0.05, 0.1) is 25.6 Å². The Morgan fingerprint density at radius 3 is 1.84 bits per heavy atom. The molecule has 0 aliphatic heterocycles. The number of aromatic nitrogens is 2. The Morgan fingerprint density at radius 1 is 0.844 bits per heavy atom. The fourth-order valence-electron chi connectivity index (χ4n) is 3.62. The average Bonchev–Trinajstić information content (AvgIpc) is 2.85. The number of nitrogens with zero attached hydrogens (tertiary/aromatic N) is 2. The summed E-state index contributed by atoms with van der Waals surface area (Å²) in [5.74, 6) is 1.06. The van der Waals surface area contributed by atoms with Crippen LogP contribution in [0.1, 0.15) is 27.7 Å². The highest BCUT2D eigenvalue weighted by atomic mass is 16.5. The molecule has 1 N–H and O–H groups in total. The summed E-state index contributed by atoms with van der Waals surface area (Å²) in [6, 6.07) is 21.5. The molecule has 0 aliphatic rings. The molecule has 0 atom stereocenters. The maximum absolute atomic E-state index is 13.4. The van der Waals surface area contributed by atoms with Gasteiger partial charge in [0.15, 0.2) is 5.69 Å². The maximum Gasteiger partial charge on any atom is 0.274 e. The number of hydrogen-bond acceptors (Lipinski definition) is 5. The van der Waals surface area contributed by atoms with Gasteiger partial charge in [-0.25, -0.2) is 4.68 Å². The number of benzene rings is 3. The summed E-state index contributed by atoms with van der Waals surface area (Å²) >= 11 is 0. The highest BCUT2D eigenvalue weighted by Crippen LogP contribution is 2.27. The number of nitrogens with one attached hydrogen (secondary N) is 1. The van der Waals surface area contributed by atoms with Crippen molar-refractivity contribution in [2.75, 3.05) is 14.2 Å². The third kappa shape index (κ3) is 4.05. The maximum atomic E-state index is 13.4. The van der Waals surface area contributed by atoms with E-state index in [1.54, 1.807) is 38.5 Å². The summed E-state index contributed by atoms with van der Waals surface area (Å²) in [6.45, 7) is 0. The van der Waals surface area contributed by atoms with Crippen LogP contribution in [0.2, 0.25) is 0 Å². The van der Waals surface area contributed by atoms with Crippen molar-refractivity contribution in [2.45, 2.75) is 6.04 Å². The number of carbonyl (C=O) groups is 1. The van der Waals surface area contributed by atoms with Gasteiger partial charge < -0.3 is 14.8 Å². The van der Waals surface area contributed by atoms with Gasteiger partial charge in [0.1, 0.15) is 11.5 Å². The third-order valence-corrected chi connectivity index (χ3v) is 5.35. The van der Waals surface area contributed by atoms with E-state index in [9.17, 15) is 9.59 Å². The first-order valence-electron chi connectivity index (χ1n) is 10.1. The second-order valence-electron chi connectivity index (χ2n) is 7.28. The highest BCUT2D eigenvalue weighted by Gasteiger charge is 2.22. The van der Waals surface area contributed by atoms with Crippen molar-refractivity contribution in [2.24, 2.45) is 7.05 Å². The fourth-order valence-corrected chi connectivity index (χ4v) is 3.62. The number of hydrogen-bond donors (Lipinski definition) is 1. The molecule has 162 valence electrons. The molecule has 0 radical (unpaired) electrons. The number of ether oxygens (including phenoxy) is 2. The van der Waals surface area contributed by atoms with E-state index in [2.05, 4.69) is 10.4 Å². The van der Waals surface area contributed by atoms with Gasteiger partial charge in [0, 0.05) is 12.4 Å². The SMILES string of the molecule is COc1ccc(C(NC(=O)c2nn(C)c(=O)c3ccccc23)c2ccc(OC)cc2)cc1. The number of rotatable bonds is 6. The van der Waals surface area contributed by atoms with Crippen LogP contribution >= 0.6 is 0 Å². The van der Waals surface area contributed by atoms with E-state index >= 15 is 0 Å². The molecule has 0 bridgehead atoms. The second kappa shape index (κ2) is 8.93. The van der Waals surface area contributed by atoms with Gasteiger partial charge in [-0.15, -0.1) is 0 Å². The van der Waals surface area contributed by atoms with E-state index in [1.165, 1.54) is 11.7 Å². The Morgan fingerprint density at radius 2 is 1.34 bits per heavy atom. The molecule has 1 heterocycles.